The molecule has 4 heterocycles. The van der Waals surface area contributed by atoms with Crippen LogP contribution in [0.4, 0.5) is 0 Å². The molecule has 7 heteroatoms. The number of piperidine rings is 1. The normalized spacial score (nSPS) is 19.0. The van der Waals surface area contributed by atoms with Gasteiger partial charge in [0, 0.05) is 48.6 Å². The van der Waals surface area contributed by atoms with Crippen LogP contribution in [0.15, 0.2) is 42.6 Å². The van der Waals surface area contributed by atoms with E-state index in [4.69, 9.17) is 18.6 Å². The topological polar surface area (TPSA) is 68.6 Å². The maximum absolute atomic E-state index is 13.1. The Labute approximate surface area is 194 Å². The van der Waals surface area contributed by atoms with E-state index in [0.717, 1.165) is 65.4 Å². The Morgan fingerprint density at radius 2 is 2.03 bits per heavy atom. The molecule has 1 unspecified atom stereocenters. The SMILES string of the molecule is [B]c1ccc2c(c1)cc(-c1nc3cc(C(=O)N4CCCC(N)C4)ccn3c1C)n2CC1CC1. The van der Waals surface area contributed by atoms with Gasteiger partial charge in [-0.25, -0.2) is 4.98 Å². The monoisotopic (exact) mass is 437 g/mol. The molecule has 1 amide bonds. The molecule has 2 aliphatic rings. The highest BCUT2D eigenvalue weighted by molar-refractivity contribution is 6.33. The summed E-state index contributed by atoms with van der Waals surface area (Å²) < 4.78 is 4.46. The summed E-state index contributed by atoms with van der Waals surface area (Å²) in [4.78, 5) is 20.0. The molecule has 2 fully saturated rings. The van der Waals surface area contributed by atoms with Crippen LogP contribution >= 0.6 is 0 Å². The van der Waals surface area contributed by atoms with E-state index < -0.39 is 0 Å². The fraction of sp³-hybridized carbons (Fsp3) is 0.385. The number of aromatic nitrogens is 3. The molecule has 1 aliphatic carbocycles. The van der Waals surface area contributed by atoms with Gasteiger partial charge in [0.05, 0.1) is 5.69 Å². The van der Waals surface area contributed by atoms with E-state index in [1.165, 1.54) is 18.4 Å². The molecule has 1 atom stereocenters. The van der Waals surface area contributed by atoms with Crippen LogP contribution in [0, 0.1) is 12.8 Å². The lowest BCUT2D eigenvalue weighted by Gasteiger charge is -2.30. The molecule has 1 aromatic carbocycles. The highest BCUT2D eigenvalue weighted by Gasteiger charge is 2.26. The Bertz CT molecular complexity index is 1380. The van der Waals surface area contributed by atoms with Crippen LogP contribution < -0.4 is 11.2 Å². The number of pyridine rings is 1. The van der Waals surface area contributed by atoms with Crippen molar-refractivity contribution in [3.05, 3.63) is 53.9 Å². The molecule has 6 rings (SSSR count). The van der Waals surface area contributed by atoms with Gasteiger partial charge in [-0.15, -0.1) is 0 Å². The van der Waals surface area contributed by atoms with Crippen LogP contribution in [-0.4, -0.2) is 51.7 Å². The predicted octanol–water partition coefficient (Wildman–Crippen LogP) is 3.03. The molecule has 6 nitrogen and oxygen atoms in total. The second-order valence-corrected chi connectivity index (χ2v) is 9.74. The van der Waals surface area contributed by atoms with Crippen molar-refractivity contribution >= 4 is 35.8 Å². The number of fused-ring (bicyclic) bond motifs is 2. The van der Waals surface area contributed by atoms with Gasteiger partial charge in [-0.2, -0.15) is 0 Å². The first kappa shape index (κ1) is 20.5. The van der Waals surface area contributed by atoms with E-state index in [-0.39, 0.29) is 11.9 Å². The van der Waals surface area contributed by atoms with Crippen LogP contribution in [0.5, 0.6) is 0 Å². The van der Waals surface area contributed by atoms with Crippen molar-refractivity contribution in [2.24, 2.45) is 11.7 Å². The minimum absolute atomic E-state index is 0.0353. The maximum Gasteiger partial charge on any atom is 0.254 e. The molecule has 3 aromatic heterocycles. The van der Waals surface area contributed by atoms with Gasteiger partial charge < -0.3 is 19.6 Å². The van der Waals surface area contributed by atoms with Crippen LogP contribution in [0.1, 0.15) is 41.7 Å². The number of nitrogens with zero attached hydrogens (tertiary/aromatic N) is 4. The van der Waals surface area contributed by atoms with Crippen molar-refractivity contribution in [3.8, 4) is 11.4 Å². The lowest BCUT2D eigenvalue weighted by Crippen LogP contribution is -2.45. The van der Waals surface area contributed by atoms with E-state index in [9.17, 15) is 4.79 Å². The molecule has 4 aromatic rings. The zero-order valence-electron chi connectivity index (χ0n) is 19.0. The maximum atomic E-state index is 13.1. The van der Waals surface area contributed by atoms with Crippen LogP contribution in [0.2, 0.25) is 0 Å². The first-order valence-electron chi connectivity index (χ1n) is 11.9. The van der Waals surface area contributed by atoms with E-state index >= 15 is 0 Å². The lowest BCUT2D eigenvalue weighted by atomic mass is 9.95. The molecular weight excluding hydrogens is 409 g/mol. The molecule has 0 spiro atoms. The number of rotatable bonds is 4. The van der Waals surface area contributed by atoms with Crippen molar-refractivity contribution in [1.29, 1.82) is 0 Å². The second kappa shape index (κ2) is 7.77. The molecule has 2 radical (unpaired) electrons. The van der Waals surface area contributed by atoms with Crippen LogP contribution in [-0.2, 0) is 6.54 Å². The van der Waals surface area contributed by atoms with Gasteiger partial charge in [-0.05, 0) is 68.2 Å². The van der Waals surface area contributed by atoms with E-state index in [0.29, 0.717) is 12.1 Å². The highest BCUT2D eigenvalue weighted by Crippen LogP contribution is 2.36. The van der Waals surface area contributed by atoms with Crippen molar-refractivity contribution in [3.63, 3.8) is 0 Å². The fourth-order valence-electron chi connectivity index (χ4n) is 5.16. The van der Waals surface area contributed by atoms with Gasteiger partial charge in [0.2, 0.25) is 0 Å². The Balaban J connectivity index is 1.42. The number of aryl methyl sites for hydroxylation is 1. The van der Waals surface area contributed by atoms with Gasteiger partial charge in [0.1, 0.15) is 19.2 Å². The zero-order valence-corrected chi connectivity index (χ0v) is 19.0. The van der Waals surface area contributed by atoms with E-state index in [1.807, 2.05) is 35.4 Å². The summed E-state index contributed by atoms with van der Waals surface area (Å²) in [7, 11) is 6.07. The Morgan fingerprint density at radius 1 is 1.18 bits per heavy atom. The summed E-state index contributed by atoms with van der Waals surface area (Å²) in [5.74, 6) is 0.766. The number of likely N-dealkylation sites (tertiary alicyclic amines) is 1. The minimum Gasteiger partial charge on any atom is -0.339 e. The van der Waals surface area contributed by atoms with Crippen molar-refractivity contribution in [1.82, 2.24) is 18.9 Å². The third kappa shape index (κ3) is 3.64. The first-order valence-corrected chi connectivity index (χ1v) is 11.9. The van der Waals surface area contributed by atoms with Crippen molar-refractivity contribution in [2.45, 2.75) is 45.2 Å². The van der Waals surface area contributed by atoms with Crippen LogP contribution in [0.25, 0.3) is 27.9 Å². The summed E-state index contributed by atoms with van der Waals surface area (Å²) in [5.41, 5.74) is 12.6. The van der Waals surface area contributed by atoms with Gasteiger partial charge in [0.25, 0.3) is 5.91 Å². The van der Waals surface area contributed by atoms with Gasteiger partial charge in [0.15, 0.2) is 0 Å². The van der Waals surface area contributed by atoms with Gasteiger partial charge in [-0.3, -0.25) is 4.79 Å². The first-order chi connectivity index (χ1) is 16.0. The average Bonchev–Trinajstić information content (AvgIpc) is 3.48. The number of benzene rings is 1. The van der Waals surface area contributed by atoms with Crippen molar-refractivity contribution < 1.29 is 4.79 Å². The molecule has 1 saturated heterocycles. The largest absolute Gasteiger partial charge is 0.339 e. The zero-order chi connectivity index (χ0) is 22.7. The number of imidazole rings is 1. The molecule has 2 N–H and O–H groups in total. The number of hydrogen-bond acceptors (Lipinski definition) is 3. The van der Waals surface area contributed by atoms with Crippen LogP contribution in [0.3, 0.4) is 0 Å². The number of hydrogen-bond donors (Lipinski definition) is 1. The fourth-order valence-corrected chi connectivity index (χ4v) is 5.16. The number of nitrogens with two attached hydrogens (primary N) is 1. The summed E-state index contributed by atoms with van der Waals surface area (Å²) in [6, 6.07) is 12.2. The summed E-state index contributed by atoms with van der Waals surface area (Å²) in [6.45, 7) is 4.47. The molecule has 33 heavy (non-hydrogen) atoms. The van der Waals surface area contributed by atoms with Gasteiger partial charge in [-0.1, -0.05) is 17.6 Å². The quantitative estimate of drug-likeness (QED) is 0.499. The number of carbonyl (C=O) groups is 1. The third-order valence-corrected chi connectivity index (χ3v) is 7.16. The lowest BCUT2D eigenvalue weighted by molar-refractivity contribution is 0.0709. The summed E-state index contributed by atoms with van der Waals surface area (Å²) in [5, 5.41) is 1.14. The van der Waals surface area contributed by atoms with E-state index in [1.54, 1.807) is 0 Å². The standard InChI is InChI=1S/C26H28BN5O/c1-16-25(23-12-19-11-20(27)6-7-22(19)32(23)14-17-4-5-17)29-24-13-18(8-10-31(16)24)26(33)30-9-2-3-21(28)15-30/h6-8,10-13,17,21H,2-5,9,14-15,28H2,1H3. The Morgan fingerprint density at radius 3 is 2.82 bits per heavy atom. The smallest absolute Gasteiger partial charge is 0.254 e. The highest BCUT2D eigenvalue weighted by atomic mass is 16.2. The number of amides is 1. The Kier molecular flexibility index (Phi) is 4.84. The molecule has 166 valence electrons. The molecule has 1 saturated carbocycles. The Hall–Kier alpha value is -3.06. The summed E-state index contributed by atoms with van der Waals surface area (Å²) >= 11 is 0. The third-order valence-electron chi connectivity index (χ3n) is 7.16. The van der Waals surface area contributed by atoms with E-state index in [2.05, 4.69) is 28.0 Å². The summed E-state index contributed by atoms with van der Waals surface area (Å²) in [6.07, 6.45) is 6.46. The average molecular weight is 437 g/mol. The second-order valence-electron chi connectivity index (χ2n) is 9.74. The molecular formula is C26H28BN5O. The molecule has 1 aliphatic heterocycles. The number of carbonyl (C=O) groups excluding carboxylic acids is 1. The van der Waals surface area contributed by atoms with Gasteiger partial charge >= 0.3 is 0 Å². The molecule has 0 bridgehead atoms. The van der Waals surface area contributed by atoms with Crippen molar-refractivity contribution in [2.75, 3.05) is 13.1 Å². The minimum atomic E-state index is 0.0353. The predicted molar refractivity (Wildman–Crippen MR) is 132 cm³/mol.